The number of hydrogen-bond acceptors (Lipinski definition) is 4. The number of amides is 1. The third-order valence-electron chi connectivity index (χ3n) is 3.20. The first-order chi connectivity index (χ1) is 9.22. The summed E-state index contributed by atoms with van der Waals surface area (Å²) < 4.78 is 5.08. The molecule has 1 fully saturated rings. The van der Waals surface area contributed by atoms with E-state index in [9.17, 15) is 4.79 Å². The van der Waals surface area contributed by atoms with Gasteiger partial charge in [0.2, 0.25) is 5.91 Å². The van der Waals surface area contributed by atoms with Crippen molar-refractivity contribution < 1.29 is 9.53 Å². The van der Waals surface area contributed by atoms with Gasteiger partial charge in [0.15, 0.2) is 0 Å². The molecule has 1 aromatic rings. The topological polar surface area (TPSA) is 67.6 Å². The number of hydrogen-bond donors (Lipinski definition) is 2. The van der Waals surface area contributed by atoms with Crippen molar-refractivity contribution in [3.05, 3.63) is 24.3 Å². The molecule has 0 bridgehead atoms. The molecule has 2 rings (SSSR count). The molecule has 1 saturated carbocycles. The second kappa shape index (κ2) is 6.54. The van der Waals surface area contributed by atoms with Crippen molar-refractivity contribution in [1.82, 2.24) is 4.90 Å². The van der Waals surface area contributed by atoms with Gasteiger partial charge in [-0.1, -0.05) is 0 Å². The number of ether oxygens (including phenoxy) is 1. The largest absolute Gasteiger partial charge is 0.497 e. The molecule has 0 spiro atoms. The fraction of sp³-hybridized carbons (Fsp3) is 0.500. The number of anilines is 1. The molecule has 104 valence electrons. The molecule has 0 heterocycles. The normalized spacial score (nSPS) is 14.5. The molecular weight excluding hydrogens is 242 g/mol. The zero-order chi connectivity index (χ0) is 13.7. The first-order valence-electron chi connectivity index (χ1n) is 6.61. The summed E-state index contributed by atoms with van der Waals surface area (Å²) in [5.41, 5.74) is 6.35. The number of benzene rings is 1. The summed E-state index contributed by atoms with van der Waals surface area (Å²) in [4.78, 5) is 14.1. The Morgan fingerprint density at radius 2 is 2.11 bits per heavy atom. The number of nitrogens with zero attached hydrogens (tertiary/aromatic N) is 1. The standard InChI is InChI=1S/C14H21N3O2/c1-19-13-6-2-11(3-7-13)16-14(18)10-17(9-8-15)12-4-5-12/h2-3,6-7,12H,4-5,8-10,15H2,1H3,(H,16,18). The van der Waals surface area contributed by atoms with Crippen LogP contribution in [0, 0.1) is 0 Å². The lowest BCUT2D eigenvalue weighted by molar-refractivity contribution is -0.117. The van der Waals surface area contributed by atoms with Crippen LogP contribution < -0.4 is 15.8 Å². The Bertz CT molecular complexity index is 415. The van der Waals surface area contributed by atoms with Gasteiger partial charge in [-0.3, -0.25) is 9.69 Å². The minimum absolute atomic E-state index is 0.00511. The minimum Gasteiger partial charge on any atom is -0.497 e. The van der Waals surface area contributed by atoms with E-state index in [1.807, 2.05) is 24.3 Å². The van der Waals surface area contributed by atoms with Gasteiger partial charge in [-0.25, -0.2) is 0 Å². The summed E-state index contributed by atoms with van der Waals surface area (Å²) in [7, 11) is 1.62. The molecule has 3 N–H and O–H groups in total. The molecule has 0 unspecified atom stereocenters. The summed E-state index contributed by atoms with van der Waals surface area (Å²) in [6, 6.07) is 7.87. The average molecular weight is 263 g/mol. The Hall–Kier alpha value is -1.59. The van der Waals surface area contributed by atoms with Gasteiger partial charge in [0.25, 0.3) is 0 Å². The number of carbonyl (C=O) groups excluding carboxylic acids is 1. The Labute approximate surface area is 113 Å². The highest BCUT2D eigenvalue weighted by Gasteiger charge is 2.29. The SMILES string of the molecule is COc1ccc(NC(=O)CN(CCN)C2CC2)cc1. The molecule has 0 aliphatic heterocycles. The van der Waals surface area contributed by atoms with Crippen LogP contribution in [0.5, 0.6) is 5.75 Å². The van der Waals surface area contributed by atoms with E-state index in [1.54, 1.807) is 7.11 Å². The monoisotopic (exact) mass is 263 g/mol. The fourth-order valence-electron chi connectivity index (χ4n) is 2.06. The van der Waals surface area contributed by atoms with Crippen molar-refractivity contribution in [3.63, 3.8) is 0 Å². The molecular formula is C14H21N3O2. The van der Waals surface area contributed by atoms with Crippen molar-refractivity contribution >= 4 is 11.6 Å². The Kier molecular flexibility index (Phi) is 4.76. The van der Waals surface area contributed by atoms with Crippen molar-refractivity contribution in [2.75, 3.05) is 32.1 Å². The van der Waals surface area contributed by atoms with Gasteiger partial charge in [0, 0.05) is 24.8 Å². The smallest absolute Gasteiger partial charge is 0.238 e. The summed E-state index contributed by atoms with van der Waals surface area (Å²) in [5, 5.41) is 2.89. The maximum absolute atomic E-state index is 12.0. The van der Waals surface area contributed by atoms with E-state index < -0.39 is 0 Å². The Morgan fingerprint density at radius 1 is 1.42 bits per heavy atom. The third kappa shape index (κ3) is 4.22. The second-order valence-corrected chi connectivity index (χ2v) is 4.77. The van der Waals surface area contributed by atoms with Crippen LogP contribution in [-0.2, 0) is 4.79 Å². The van der Waals surface area contributed by atoms with Crippen LogP contribution in [0.2, 0.25) is 0 Å². The first kappa shape index (κ1) is 13.8. The molecule has 1 amide bonds. The predicted octanol–water partition coefficient (Wildman–Crippen LogP) is 1.06. The highest BCUT2D eigenvalue weighted by atomic mass is 16.5. The number of rotatable bonds is 7. The minimum atomic E-state index is 0.00511. The van der Waals surface area contributed by atoms with E-state index in [2.05, 4.69) is 10.2 Å². The molecule has 0 aromatic heterocycles. The molecule has 19 heavy (non-hydrogen) atoms. The molecule has 1 aliphatic rings. The summed E-state index contributed by atoms with van der Waals surface area (Å²) in [6.45, 7) is 1.78. The predicted molar refractivity (Wildman–Crippen MR) is 75.3 cm³/mol. The number of methoxy groups -OCH3 is 1. The van der Waals surface area contributed by atoms with Gasteiger partial charge in [-0.15, -0.1) is 0 Å². The molecule has 1 aromatic carbocycles. The molecule has 0 radical (unpaired) electrons. The number of carbonyl (C=O) groups is 1. The Balaban J connectivity index is 1.85. The number of nitrogens with one attached hydrogen (secondary N) is 1. The molecule has 5 nitrogen and oxygen atoms in total. The van der Waals surface area contributed by atoms with E-state index >= 15 is 0 Å². The lowest BCUT2D eigenvalue weighted by Gasteiger charge is -2.20. The highest BCUT2D eigenvalue weighted by molar-refractivity contribution is 5.92. The van der Waals surface area contributed by atoms with Gasteiger partial charge in [0.1, 0.15) is 5.75 Å². The van der Waals surface area contributed by atoms with E-state index in [4.69, 9.17) is 10.5 Å². The zero-order valence-electron chi connectivity index (χ0n) is 11.3. The lowest BCUT2D eigenvalue weighted by atomic mass is 10.3. The Morgan fingerprint density at radius 3 is 2.63 bits per heavy atom. The summed E-state index contributed by atoms with van der Waals surface area (Å²) in [5.74, 6) is 0.784. The van der Waals surface area contributed by atoms with Crippen LogP contribution in [0.1, 0.15) is 12.8 Å². The number of nitrogens with two attached hydrogens (primary N) is 1. The van der Waals surface area contributed by atoms with Gasteiger partial charge in [-0.2, -0.15) is 0 Å². The van der Waals surface area contributed by atoms with Crippen LogP contribution >= 0.6 is 0 Å². The van der Waals surface area contributed by atoms with Crippen LogP contribution in [0.15, 0.2) is 24.3 Å². The third-order valence-corrected chi connectivity index (χ3v) is 3.20. The van der Waals surface area contributed by atoms with Gasteiger partial charge < -0.3 is 15.8 Å². The van der Waals surface area contributed by atoms with Crippen LogP contribution in [0.25, 0.3) is 0 Å². The zero-order valence-corrected chi connectivity index (χ0v) is 11.3. The van der Waals surface area contributed by atoms with Crippen molar-refractivity contribution in [3.8, 4) is 5.75 Å². The maximum atomic E-state index is 12.0. The molecule has 1 aliphatic carbocycles. The van der Waals surface area contributed by atoms with Crippen molar-refractivity contribution in [2.24, 2.45) is 5.73 Å². The van der Waals surface area contributed by atoms with Crippen LogP contribution in [0.4, 0.5) is 5.69 Å². The van der Waals surface area contributed by atoms with E-state index in [-0.39, 0.29) is 5.91 Å². The fourth-order valence-corrected chi connectivity index (χ4v) is 2.06. The molecule has 0 saturated heterocycles. The summed E-state index contributed by atoms with van der Waals surface area (Å²) in [6.07, 6.45) is 2.35. The van der Waals surface area contributed by atoms with Crippen LogP contribution in [0.3, 0.4) is 0 Å². The van der Waals surface area contributed by atoms with Crippen molar-refractivity contribution in [1.29, 1.82) is 0 Å². The molecule has 5 heteroatoms. The van der Waals surface area contributed by atoms with Gasteiger partial charge in [0.05, 0.1) is 13.7 Å². The lowest BCUT2D eigenvalue weighted by Crippen LogP contribution is -2.38. The van der Waals surface area contributed by atoms with E-state index in [1.165, 1.54) is 12.8 Å². The quantitative estimate of drug-likeness (QED) is 0.772. The maximum Gasteiger partial charge on any atom is 0.238 e. The van der Waals surface area contributed by atoms with Gasteiger partial charge in [-0.05, 0) is 37.1 Å². The van der Waals surface area contributed by atoms with E-state index in [0.717, 1.165) is 18.0 Å². The van der Waals surface area contributed by atoms with Gasteiger partial charge >= 0.3 is 0 Å². The molecule has 0 atom stereocenters. The first-order valence-corrected chi connectivity index (χ1v) is 6.61. The van der Waals surface area contributed by atoms with Crippen molar-refractivity contribution in [2.45, 2.75) is 18.9 Å². The van der Waals surface area contributed by atoms with Crippen LogP contribution in [-0.4, -0.2) is 43.6 Å². The summed E-state index contributed by atoms with van der Waals surface area (Å²) >= 11 is 0. The second-order valence-electron chi connectivity index (χ2n) is 4.77. The average Bonchev–Trinajstić information content (AvgIpc) is 3.23. The highest BCUT2D eigenvalue weighted by Crippen LogP contribution is 2.26. The van der Waals surface area contributed by atoms with E-state index in [0.29, 0.717) is 19.1 Å².